The highest BCUT2D eigenvalue weighted by atomic mass is 31.2. The average Bonchev–Trinajstić information content (AvgIpc) is 2.68. The molecule has 0 atom stereocenters. The van der Waals surface area contributed by atoms with Crippen molar-refractivity contribution < 1.29 is 18.1 Å². The van der Waals surface area contributed by atoms with E-state index in [2.05, 4.69) is 0 Å². The number of phosphoric ester groups is 1. The van der Waals surface area contributed by atoms with Gasteiger partial charge in [0.2, 0.25) is 0 Å². The van der Waals surface area contributed by atoms with Gasteiger partial charge in [0.25, 0.3) is 0 Å². The van der Waals surface area contributed by atoms with Crippen LogP contribution in [0.15, 0.2) is 0 Å². The van der Waals surface area contributed by atoms with E-state index in [1.807, 2.05) is 0 Å². The first-order valence-electron chi connectivity index (χ1n) is 15.5. The van der Waals surface area contributed by atoms with E-state index in [4.69, 9.17) is 13.6 Å². The van der Waals surface area contributed by atoms with Crippen LogP contribution in [0.4, 0.5) is 0 Å². The summed E-state index contributed by atoms with van der Waals surface area (Å²) >= 11 is 0. The van der Waals surface area contributed by atoms with Gasteiger partial charge in [-0.2, -0.15) is 0 Å². The van der Waals surface area contributed by atoms with E-state index in [1.165, 1.54) is 57.8 Å². The average molecular weight is 501 g/mol. The molecule has 12 saturated carbocycles. The van der Waals surface area contributed by atoms with E-state index < -0.39 is 7.82 Å². The molecule has 0 radical (unpaired) electrons. The molecule has 12 aliphatic rings. The summed E-state index contributed by atoms with van der Waals surface area (Å²) in [6.07, 6.45) is 22.2. The van der Waals surface area contributed by atoms with E-state index in [1.54, 1.807) is 0 Å². The van der Waals surface area contributed by atoms with Gasteiger partial charge in [0.15, 0.2) is 0 Å². The van der Waals surface area contributed by atoms with Crippen molar-refractivity contribution in [2.75, 3.05) is 0 Å². The highest BCUT2D eigenvalue weighted by Gasteiger charge is 2.62. The van der Waals surface area contributed by atoms with Crippen LogP contribution in [0.5, 0.6) is 0 Å². The van der Waals surface area contributed by atoms with E-state index in [0.717, 1.165) is 111 Å². The maximum Gasteiger partial charge on any atom is 0.476 e. The quantitative estimate of drug-likeness (QED) is 0.346. The Bertz CT molecular complexity index is 731. The Balaban J connectivity index is 1.06. The molecule has 5 heteroatoms. The topological polar surface area (TPSA) is 44.8 Å². The smallest absolute Gasteiger partial charge is 0.280 e. The Morgan fingerprint density at radius 3 is 0.714 bits per heavy atom. The maximum atomic E-state index is 15.2. The van der Waals surface area contributed by atoms with Crippen LogP contribution in [0.25, 0.3) is 0 Å². The van der Waals surface area contributed by atoms with Gasteiger partial charge in [0.1, 0.15) is 0 Å². The second kappa shape index (κ2) is 7.19. The summed E-state index contributed by atoms with van der Waals surface area (Å²) in [5.74, 6) is 6.95. The molecular formula is C30H45O4P. The van der Waals surface area contributed by atoms with Crippen LogP contribution in [-0.2, 0) is 18.1 Å². The molecule has 0 aromatic rings. The second-order valence-electron chi connectivity index (χ2n) is 16.0. The van der Waals surface area contributed by atoms with Gasteiger partial charge < -0.3 is 0 Å². The summed E-state index contributed by atoms with van der Waals surface area (Å²) in [7, 11) is -3.67. The fourth-order valence-corrected chi connectivity index (χ4v) is 15.4. The molecule has 12 rings (SSSR count). The highest BCUT2D eigenvalue weighted by molar-refractivity contribution is 7.48. The van der Waals surface area contributed by atoms with Gasteiger partial charge in [0.05, 0.1) is 16.8 Å². The lowest BCUT2D eigenvalue weighted by molar-refractivity contribution is -0.178. The summed E-state index contributed by atoms with van der Waals surface area (Å²) < 4.78 is 36.3. The zero-order chi connectivity index (χ0) is 23.0. The van der Waals surface area contributed by atoms with Crippen molar-refractivity contribution in [2.24, 2.45) is 53.3 Å². The van der Waals surface area contributed by atoms with Crippen molar-refractivity contribution in [3.05, 3.63) is 0 Å². The van der Waals surface area contributed by atoms with Gasteiger partial charge >= 0.3 is 7.82 Å². The molecule has 0 amide bonds. The van der Waals surface area contributed by atoms with Gasteiger partial charge in [-0.15, -0.1) is 0 Å². The molecule has 0 aromatic heterocycles. The van der Waals surface area contributed by atoms with E-state index in [9.17, 15) is 0 Å². The lowest BCUT2D eigenvalue weighted by Crippen LogP contribution is -2.55. The van der Waals surface area contributed by atoms with Crippen molar-refractivity contribution in [2.45, 2.75) is 132 Å². The first-order valence-corrected chi connectivity index (χ1v) is 17.0. The van der Waals surface area contributed by atoms with Crippen LogP contribution in [0.1, 0.15) is 116 Å². The summed E-state index contributed by atoms with van der Waals surface area (Å²) in [6.45, 7) is 0. The third-order valence-electron chi connectivity index (χ3n) is 12.9. The lowest BCUT2D eigenvalue weighted by Gasteiger charge is -2.60. The molecule has 0 spiro atoms. The molecule has 0 heterocycles. The minimum Gasteiger partial charge on any atom is -0.280 e. The Morgan fingerprint density at radius 1 is 0.371 bits per heavy atom. The van der Waals surface area contributed by atoms with Crippen molar-refractivity contribution >= 4 is 7.82 Å². The molecule has 12 aliphatic carbocycles. The van der Waals surface area contributed by atoms with Crippen LogP contribution >= 0.6 is 7.82 Å². The number of hydrogen-bond donors (Lipinski definition) is 0. The second-order valence-corrected chi connectivity index (χ2v) is 17.5. The summed E-state index contributed by atoms with van der Waals surface area (Å²) in [4.78, 5) is 0. The Morgan fingerprint density at radius 2 is 0.543 bits per heavy atom. The Hall–Kier alpha value is 0.110. The number of rotatable bonds is 6. The monoisotopic (exact) mass is 500 g/mol. The van der Waals surface area contributed by atoms with Crippen molar-refractivity contribution in [3.63, 3.8) is 0 Å². The van der Waals surface area contributed by atoms with E-state index in [0.29, 0.717) is 0 Å². The molecule has 4 nitrogen and oxygen atoms in total. The van der Waals surface area contributed by atoms with Crippen molar-refractivity contribution in [1.82, 2.24) is 0 Å². The number of phosphoric acid groups is 1. The molecule has 12 bridgehead atoms. The highest BCUT2D eigenvalue weighted by Crippen LogP contribution is 2.71. The minimum absolute atomic E-state index is 0.241. The molecule has 0 N–H and O–H groups in total. The largest absolute Gasteiger partial charge is 0.476 e. The molecule has 0 aromatic carbocycles. The van der Waals surface area contributed by atoms with Gasteiger partial charge in [-0.05, 0) is 169 Å². The fraction of sp³-hybridized carbons (Fsp3) is 1.00. The zero-order valence-corrected chi connectivity index (χ0v) is 22.4. The number of hydrogen-bond acceptors (Lipinski definition) is 4. The predicted molar refractivity (Wildman–Crippen MR) is 134 cm³/mol. The first-order chi connectivity index (χ1) is 16.8. The Kier molecular flexibility index (Phi) is 4.52. The van der Waals surface area contributed by atoms with Gasteiger partial charge in [-0.1, -0.05) is 0 Å². The summed E-state index contributed by atoms with van der Waals surface area (Å²) in [5, 5.41) is 0. The SMILES string of the molecule is O=P(OC12CC3CC(CC(C3)C1)C2)(OC12CC3CC(CC(C3)C1)C2)OC12CC3CC(CC(C3)C1)C2. The zero-order valence-electron chi connectivity index (χ0n) is 21.5. The van der Waals surface area contributed by atoms with Gasteiger partial charge in [-0.25, -0.2) is 4.57 Å². The van der Waals surface area contributed by atoms with Crippen LogP contribution in [0.3, 0.4) is 0 Å². The fourth-order valence-electron chi connectivity index (χ4n) is 13.2. The summed E-state index contributed by atoms with van der Waals surface area (Å²) in [6, 6.07) is 0. The van der Waals surface area contributed by atoms with Crippen LogP contribution < -0.4 is 0 Å². The van der Waals surface area contributed by atoms with Crippen LogP contribution in [0, 0.1) is 53.3 Å². The lowest BCUT2D eigenvalue weighted by atomic mass is 9.54. The van der Waals surface area contributed by atoms with E-state index in [-0.39, 0.29) is 16.8 Å². The molecular weight excluding hydrogens is 455 g/mol. The third kappa shape index (κ3) is 3.58. The first kappa shape index (κ1) is 22.0. The molecule has 35 heavy (non-hydrogen) atoms. The van der Waals surface area contributed by atoms with Crippen LogP contribution in [0.2, 0.25) is 0 Å². The predicted octanol–water partition coefficient (Wildman–Crippen LogP) is 8.05. The maximum absolute atomic E-state index is 15.2. The minimum atomic E-state index is -3.67. The van der Waals surface area contributed by atoms with Crippen molar-refractivity contribution in [3.8, 4) is 0 Å². The third-order valence-corrected chi connectivity index (χ3v) is 14.7. The van der Waals surface area contributed by atoms with E-state index >= 15 is 4.57 Å². The van der Waals surface area contributed by atoms with Crippen LogP contribution in [-0.4, -0.2) is 16.8 Å². The molecule has 0 aliphatic heterocycles. The summed E-state index contributed by atoms with van der Waals surface area (Å²) in [5.41, 5.74) is -0.724. The Labute approximate surface area is 211 Å². The molecule has 194 valence electrons. The van der Waals surface area contributed by atoms with Gasteiger partial charge in [-0.3, -0.25) is 13.6 Å². The normalized spacial score (nSPS) is 60.4. The molecule has 0 saturated heterocycles. The molecule has 0 unspecified atom stereocenters. The molecule has 12 fully saturated rings. The van der Waals surface area contributed by atoms with Gasteiger partial charge in [0, 0.05) is 0 Å². The standard InChI is InChI=1S/C30H45O4P/c31-35(32-28-10-19-1-20(11-28)3-21(2-19)12-28,33-29-13-22-4-23(14-29)6-24(5-22)15-29)34-30-16-25-7-26(17-30)9-27(8-25)18-30/h19-27H,1-18H2. The van der Waals surface area contributed by atoms with Crippen molar-refractivity contribution in [1.29, 1.82) is 0 Å².